The van der Waals surface area contributed by atoms with Gasteiger partial charge in [-0.3, -0.25) is 0 Å². The highest BCUT2D eigenvalue weighted by atomic mass is 79.9. The Hall–Kier alpha value is -0.380. The first-order valence-electron chi connectivity index (χ1n) is 8.40. The second-order valence-electron chi connectivity index (χ2n) is 6.40. The maximum absolute atomic E-state index is 3.72. The van der Waals surface area contributed by atoms with Gasteiger partial charge in [-0.1, -0.05) is 41.9 Å². The van der Waals surface area contributed by atoms with E-state index in [1.807, 2.05) is 0 Å². The van der Waals surface area contributed by atoms with Gasteiger partial charge in [-0.15, -0.1) is 0 Å². The van der Waals surface area contributed by atoms with E-state index < -0.39 is 0 Å². The molecular weight excluding hydrogens is 324 g/mol. The average Bonchev–Trinajstić information content (AvgIpc) is 2.47. The second kappa shape index (κ2) is 8.92. The van der Waals surface area contributed by atoms with Crippen molar-refractivity contribution in [3.8, 4) is 0 Å². The Morgan fingerprint density at radius 1 is 1.43 bits per heavy atom. The van der Waals surface area contributed by atoms with Crippen molar-refractivity contribution < 1.29 is 0 Å². The Kier molecular flexibility index (Phi) is 7.21. The Labute approximate surface area is 138 Å². The molecule has 3 heteroatoms. The van der Waals surface area contributed by atoms with Gasteiger partial charge in [0, 0.05) is 17.1 Å². The summed E-state index contributed by atoms with van der Waals surface area (Å²) in [5.74, 6) is 0.867. The van der Waals surface area contributed by atoms with E-state index in [1.165, 1.54) is 55.4 Å². The lowest BCUT2D eigenvalue weighted by Crippen LogP contribution is -2.36. The van der Waals surface area contributed by atoms with E-state index in [9.17, 15) is 0 Å². The lowest BCUT2D eigenvalue weighted by atomic mass is 9.98. The standard InChI is InChI=1S/C18H29BrN2/c1-3-10-20-18(16-7-4-8-17(19)13-16)9-12-21-11-5-6-15(2)14-21/h4,7-8,13,15,18,20H,3,5-6,9-12,14H2,1-2H3. The molecule has 2 nitrogen and oxygen atoms in total. The molecule has 0 saturated carbocycles. The largest absolute Gasteiger partial charge is 0.310 e. The summed E-state index contributed by atoms with van der Waals surface area (Å²) in [6.45, 7) is 9.47. The minimum absolute atomic E-state index is 0.472. The third-order valence-electron chi connectivity index (χ3n) is 4.37. The van der Waals surface area contributed by atoms with Crippen LogP contribution in [0.4, 0.5) is 0 Å². The van der Waals surface area contributed by atoms with Crippen molar-refractivity contribution in [3.63, 3.8) is 0 Å². The van der Waals surface area contributed by atoms with E-state index in [1.54, 1.807) is 0 Å². The summed E-state index contributed by atoms with van der Waals surface area (Å²) in [7, 11) is 0. The van der Waals surface area contributed by atoms with E-state index in [0.29, 0.717) is 6.04 Å². The Morgan fingerprint density at radius 3 is 3.00 bits per heavy atom. The molecule has 1 aliphatic heterocycles. The topological polar surface area (TPSA) is 15.3 Å². The van der Waals surface area contributed by atoms with Crippen molar-refractivity contribution in [3.05, 3.63) is 34.3 Å². The van der Waals surface area contributed by atoms with Crippen molar-refractivity contribution >= 4 is 15.9 Å². The highest BCUT2D eigenvalue weighted by molar-refractivity contribution is 9.10. The van der Waals surface area contributed by atoms with Gasteiger partial charge in [0.2, 0.25) is 0 Å². The molecular formula is C18H29BrN2. The number of hydrogen-bond acceptors (Lipinski definition) is 2. The molecule has 21 heavy (non-hydrogen) atoms. The van der Waals surface area contributed by atoms with Gasteiger partial charge in [0.25, 0.3) is 0 Å². The first-order chi connectivity index (χ1) is 10.2. The fraction of sp³-hybridized carbons (Fsp3) is 0.667. The Morgan fingerprint density at radius 2 is 2.29 bits per heavy atom. The number of rotatable bonds is 7. The molecule has 1 aromatic carbocycles. The quantitative estimate of drug-likeness (QED) is 0.770. The van der Waals surface area contributed by atoms with Gasteiger partial charge < -0.3 is 10.2 Å². The molecule has 0 radical (unpaired) electrons. The first-order valence-corrected chi connectivity index (χ1v) is 9.19. The zero-order chi connectivity index (χ0) is 15.1. The molecule has 1 aliphatic rings. The number of nitrogens with one attached hydrogen (secondary N) is 1. The van der Waals surface area contributed by atoms with Gasteiger partial charge in [0.1, 0.15) is 0 Å². The van der Waals surface area contributed by atoms with Crippen LogP contribution in [0, 0.1) is 5.92 Å². The molecule has 0 bridgehead atoms. The van der Waals surface area contributed by atoms with Crippen molar-refractivity contribution in [2.45, 2.75) is 45.6 Å². The van der Waals surface area contributed by atoms with Gasteiger partial charge in [-0.25, -0.2) is 0 Å². The van der Waals surface area contributed by atoms with Crippen LogP contribution >= 0.6 is 15.9 Å². The lowest BCUT2D eigenvalue weighted by Gasteiger charge is -2.32. The van der Waals surface area contributed by atoms with Crippen molar-refractivity contribution in [2.24, 2.45) is 5.92 Å². The summed E-state index contributed by atoms with van der Waals surface area (Å²) in [6, 6.07) is 9.22. The summed E-state index contributed by atoms with van der Waals surface area (Å²) in [4.78, 5) is 2.65. The minimum Gasteiger partial charge on any atom is -0.310 e. The van der Waals surface area contributed by atoms with Crippen LogP contribution in [0.3, 0.4) is 0 Å². The molecule has 0 aromatic heterocycles. The van der Waals surface area contributed by atoms with Crippen molar-refractivity contribution in [1.82, 2.24) is 10.2 Å². The third kappa shape index (κ3) is 5.72. The summed E-state index contributed by atoms with van der Waals surface area (Å²) in [5, 5.41) is 3.72. The summed E-state index contributed by atoms with van der Waals surface area (Å²) in [5.41, 5.74) is 1.41. The summed E-state index contributed by atoms with van der Waals surface area (Å²) in [6.07, 6.45) is 5.15. The van der Waals surface area contributed by atoms with E-state index >= 15 is 0 Å². The first kappa shape index (κ1) is 17.0. The third-order valence-corrected chi connectivity index (χ3v) is 4.86. The van der Waals surface area contributed by atoms with Crippen molar-refractivity contribution in [2.75, 3.05) is 26.2 Å². The van der Waals surface area contributed by atoms with Gasteiger partial charge in [0.15, 0.2) is 0 Å². The van der Waals surface area contributed by atoms with E-state index in [2.05, 4.69) is 64.3 Å². The average molecular weight is 353 g/mol. The Balaban J connectivity index is 1.92. The zero-order valence-corrected chi connectivity index (χ0v) is 15.0. The summed E-state index contributed by atoms with van der Waals surface area (Å²) < 4.78 is 1.18. The fourth-order valence-electron chi connectivity index (χ4n) is 3.23. The molecule has 2 rings (SSSR count). The maximum atomic E-state index is 3.72. The molecule has 0 spiro atoms. The van der Waals surface area contributed by atoms with Crippen molar-refractivity contribution in [1.29, 1.82) is 0 Å². The number of benzene rings is 1. The highest BCUT2D eigenvalue weighted by Gasteiger charge is 2.18. The van der Waals surface area contributed by atoms with Crippen LogP contribution in [0.2, 0.25) is 0 Å². The van der Waals surface area contributed by atoms with Crippen LogP contribution in [0.5, 0.6) is 0 Å². The predicted molar refractivity (Wildman–Crippen MR) is 94.6 cm³/mol. The molecule has 1 fully saturated rings. The molecule has 1 aromatic rings. The molecule has 2 unspecified atom stereocenters. The molecule has 1 saturated heterocycles. The van der Waals surface area contributed by atoms with Crippen LogP contribution in [-0.2, 0) is 0 Å². The van der Waals surface area contributed by atoms with E-state index in [4.69, 9.17) is 0 Å². The molecule has 0 aliphatic carbocycles. The fourth-order valence-corrected chi connectivity index (χ4v) is 3.65. The van der Waals surface area contributed by atoms with Gasteiger partial charge >= 0.3 is 0 Å². The van der Waals surface area contributed by atoms with Crippen LogP contribution in [-0.4, -0.2) is 31.1 Å². The maximum Gasteiger partial charge on any atom is 0.0332 e. The normalized spacial score (nSPS) is 21.4. The smallest absolute Gasteiger partial charge is 0.0332 e. The molecule has 1 heterocycles. The number of likely N-dealkylation sites (tertiary alicyclic amines) is 1. The van der Waals surface area contributed by atoms with Gasteiger partial charge in [0.05, 0.1) is 0 Å². The van der Waals surface area contributed by atoms with Crippen LogP contribution in [0.15, 0.2) is 28.7 Å². The highest BCUT2D eigenvalue weighted by Crippen LogP contribution is 2.23. The molecule has 2 atom stereocenters. The lowest BCUT2D eigenvalue weighted by molar-refractivity contribution is 0.176. The number of halogens is 1. The van der Waals surface area contributed by atoms with Crippen LogP contribution in [0.25, 0.3) is 0 Å². The number of hydrogen-bond donors (Lipinski definition) is 1. The van der Waals surface area contributed by atoms with Crippen LogP contribution in [0.1, 0.15) is 51.1 Å². The second-order valence-corrected chi connectivity index (χ2v) is 7.31. The minimum atomic E-state index is 0.472. The van der Waals surface area contributed by atoms with E-state index in [-0.39, 0.29) is 0 Å². The monoisotopic (exact) mass is 352 g/mol. The molecule has 1 N–H and O–H groups in total. The van der Waals surface area contributed by atoms with Gasteiger partial charge in [-0.05, 0) is 68.9 Å². The Bertz CT molecular complexity index is 421. The number of piperidine rings is 1. The predicted octanol–water partition coefficient (Wildman–Crippen LogP) is 4.61. The van der Waals surface area contributed by atoms with Crippen LogP contribution < -0.4 is 5.32 Å². The number of nitrogens with zero attached hydrogens (tertiary/aromatic N) is 1. The summed E-state index contributed by atoms with van der Waals surface area (Å²) >= 11 is 3.60. The SMILES string of the molecule is CCCNC(CCN1CCCC(C)C1)c1cccc(Br)c1. The zero-order valence-electron chi connectivity index (χ0n) is 13.4. The molecule has 0 amide bonds. The molecule has 118 valence electrons. The van der Waals surface area contributed by atoms with E-state index in [0.717, 1.165) is 12.5 Å². The van der Waals surface area contributed by atoms with Gasteiger partial charge in [-0.2, -0.15) is 0 Å².